The van der Waals surface area contributed by atoms with Crippen molar-refractivity contribution in [3.8, 4) is 11.5 Å². The number of carbonyl (C=O) groups excluding carboxylic acids is 1. The predicted molar refractivity (Wildman–Crippen MR) is 91.0 cm³/mol. The van der Waals surface area contributed by atoms with Crippen LogP contribution in [0, 0.1) is 0 Å². The number of hydrogen-bond donors (Lipinski definition) is 1. The second kappa shape index (κ2) is 7.21. The van der Waals surface area contributed by atoms with Crippen LogP contribution in [0.1, 0.15) is 38.3 Å². The molecule has 0 saturated carbocycles. The second-order valence-corrected chi connectivity index (χ2v) is 7.05. The highest BCUT2D eigenvalue weighted by atomic mass is 16.5. The Morgan fingerprint density at radius 3 is 2.35 bits per heavy atom. The zero-order valence-electron chi connectivity index (χ0n) is 14.9. The summed E-state index contributed by atoms with van der Waals surface area (Å²) < 4.78 is 10.7. The fourth-order valence-corrected chi connectivity index (χ4v) is 2.87. The molecule has 1 aromatic carbocycles. The lowest BCUT2D eigenvalue weighted by Crippen LogP contribution is -2.42. The summed E-state index contributed by atoms with van der Waals surface area (Å²) in [6, 6.07) is 4.12. The standard InChI is InChI=1S/C18H28N2O3/c1-18(2,3)19-17(21)7-9-20-8-6-13-10-15(22-4)16(23-5)11-14(13)12-20/h10-11H,6-9,12H2,1-5H3,(H,19,21). The van der Waals surface area contributed by atoms with Crippen LogP contribution in [-0.4, -0.2) is 43.7 Å². The first-order chi connectivity index (χ1) is 10.8. The van der Waals surface area contributed by atoms with Crippen LogP contribution < -0.4 is 14.8 Å². The summed E-state index contributed by atoms with van der Waals surface area (Å²) in [5.74, 6) is 1.65. The zero-order chi connectivity index (χ0) is 17.0. The topological polar surface area (TPSA) is 50.8 Å². The maximum absolute atomic E-state index is 12.0. The highest BCUT2D eigenvalue weighted by molar-refractivity contribution is 5.76. The zero-order valence-corrected chi connectivity index (χ0v) is 14.9. The van der Waals surface area contributed by atoms with E-state index in [0.29, 0.717) is 6.42 Å². The molecular weight excluding hydrogens is 292 g/mol. The molecule has 0 bridgehead atoms. The Bertz CT molecular complexity index is 564. The van der Waals surface area contributed by atoms with Gasteiger partial charge in [0.1, 0.15) is 0 Å². The molecule has 0 spiro atoms. The third kappa shape index (κ3) is 4.86. The number of benzene rings is 1. The van der Waals surface area contributed by atoms with Crippen molar-refractivity contribution in [2.24, 2.45) is 0 Å². The number of hydrogen-bond acceptors (Lipinski definition) is 4. The Labute approximate surface area is 139 Å². The number of amides is 1. The lowest BCUT2D eigenvalue weighted by molar-refractivity contribution is -0.122. The molecular formula is C18H28N2O3. The first kappa shape index (κ1) is 17.6. The third-order valence-corrected chi connectivity index (χ3v) is 3.97. The lowest BCUT2D eigenvalue weighted by Gasteiger charge is -2.29. The van der Waals surface area contributed by atoms with E-state index in [4.69, 9.17) is 9.47 Å². The maximum atomic E-state index is 12.0. The molecule has 1 aliphatic heterocycles. The summed E-state index contributed by atoms with van der Waals surface area (Å²) in [5.41, 5.74) is 2.39. The summed E-state index contributed by atoms with van der Waals surface area (Å²) in [7, 11) is 3.31. The number of nitrogens with one attached hydrogen (secondary N) is 1. The van der Waals surface area contributed by atoms with E-state index in [0.717, 1.165) is 37.6 Å². The van der Waals surface area contributed by atoms with Gasteiger partial charge in [0.25, 0.3) is 0 Å². The van der Waals surface area contributed by atoms with E-state index >= 15 is 0 Å². The van der Waals surface area contributed by atoms with Gasteiger partial charge in [-0.2, -0.15) is 0 Å². The van der Waals surface area contributed by atoms with Crippen LogP contribution in [0.3, 0.4) is 0 Å². The number of rotatable bonds is 5. The van der Waals surface area contributed by atoms with Gasteiger partial charge in [0.15, 0.2) is 11.5 Å². The number of methoxy groups -OCH3 is 2. The summed E-state index contributed by atoms with van der Waals surface area (Å²) in [5, 5.41) is 3.01. The molecule has 1 amide bonds. The Hall–Kier alpha value is -1.75. The average molecular weight is 320 g/mol. The molecule has 1 aromatic rings. The van der Waals surface area contributed by atoms with Crippen molar-refractivity contribution in [1.82, 2.24) is 10.2 Å². The van der Waals surface area contributed by atoms with E-state index in [2.05, 4.69) is 22.3 Å². The van der Waals surface area contributed by atoms with Crippen LogP contribution in [0.4, 0.5) is 0 Å². The van der Waals surface area contributed by atoms with Gasteiger partial charge in [-0.1, -0.05) is 0 Å². The molecule has 5 heteroatoms. The van der Waals surface area contributed by atoms with E-state index < -0.39 is 0 Å². The third-order valence-electron chi connectivity index (χ3n) is 3.97. The number of carbonyl (C=O) groups is 1. The molecule has 5 nitrogen and oxygen atoms in total. The minimum absolute atomic E-state index is 0.107. The Balaban J connectivity index is 1.96. The summed E-state index contributed by atoms with van der Waals surface area (Å²) in [4.78, 5) is 14.3. The predicted octanol–water partition coefficient (Wildman–Crippen LogP) is 2.37. The van der Waals surface area contributed by atoms with Crippen molar-refractivity contribution in [3.05, 3.63) is 23.3 Å². The minimum atomic E-state index is -0.171. The van der Waals surface area contributed by atoms with E-state index in [1.807, 2.05) is 20.8 Å². The normalized spacial score (nSPS) is 15.0. The maximum Gasteiger partial charge on any atom is 0.221 e. The van der Waals surface area contributed by atoms with Crippen LogP contribution in [0.2, 0.25) is 0 Å². The van der Waals surface area contributed by atoms with Gasteiger partial charge in [-0.3, -0.25) is 9.69 Å². The molecule has 23 heavy (non-hydrogen) atoms. The summed E-state index contributed by atoms with van der Waals surface area (Å²) >= 11 is 0. The van der Waals surface area contributed by atoms with Crippen LogP contribution in [-0.2, 0) is 17.8 Å². The summed E-state index contributed by atoms with van der Waals surface area (Å²) in [6.07, 6.45) is 1.50. The van der Waals surface area contributed by atoms with Crippen molar-refractivity contribution in [2.75, 3.05) is 27.3 Å². The molecule has 1 N–H and O–H groups in total. The first-order valence-corrected chi connectivity index (χ1v) is 8.09. The van der Waals surface area contributed by atoms with Crippen LogP contribution in [0.25, 0.3) is 0 Å². The molecule has 0 unspecified atom stereocenters. The van der Waals surface area contributed by atoms with Gasteiger partial charge in [-0.15, -0.1) is 0 Å². The molecule has 0 atom stereocenters. The number of ether oxygens (including phenoxy) is 2. The van der Waals surface area contributed by atoms with Crippen LogP contribution in [0.5, 0.6) is 11.5 Å². The van der Waals surface area contributed by atoms with E-state index in [-0.39, 0.29) is 11.4 Å². The SMILES string of the molecule is COc1cc2c(cc1OC)CN(CCC(=O)NC(C)(C)C)CC2. The minimum Gasteiger partial charge on any atom is -0.493 e. The van der Waals surface area contributed by atoms with Gasteiger partial charge >= 0.3 is 0 Å². The molecule has 128 valence electrons. The van der Waals surface area contributed by atoms with Gasteiger partial charge in [0, 0.05) is 31.6 Å². The van der Waals surface area contributed by atoms with Crippen molar-refractivity contribution in [3.63, 3.8) is 0 Å². The van der Waals surface area contributed by atoms with Crippen LogP contribution in [0.15, 0.2) is 12.1 Å². The van der Waals surface area contributed by atoms with Crippen molar-refractivity contribution < 1.29 is 14.3 Å². The molecule has 0 aromatic heterocycles. The molecule has 0 radical (unpaired) electrons. The van der Waals surface area contributed by atoms with Gasteiger partial charge < -0.3 is 14.8 Å². The number of fused-ring (bicyclic) bond motifs is 1. The smallest absolute Gasteiger partial charge is 0.221 e. The molecule has 0 aliphatic carbocycles. The fourth-order valence-electron chi connectivity index (χ4n) is 2.87. The van der Waals surface area contributed by atoms with E-state index in [1.54, 1.807) is 14.2 Å². The van der Waals surface area contributed by atoms with Crippen molar-refractivity contribution in [1.29, 1.82) is 0 Å². The fraction of sp³-hybridized carbons (Fsp3) is 0.611. The molecule has 0 saturated heterocycles. The Morgan fingerprint density at radius 2 is 1.78 bits per heavy atom. The van der Waals surface area contributed by atoms with Gasteiger partial charge in [0.2, 0.25) is 5.91 Å². The monoisotopic (exact) mass is 320 g/mol. The number of nitrogens with zero attached hydrogens (tertiary/aromatic N) is 1. The summed E-state index contributed by atoms with van der Waals surface area (Å²) in [6.45, 7) is 8.59. The quantitative estimate of drug-likeness (QED) is 0.905. The highest BCUT2D eigenvalue weighted by Crippen LogP contribution is 2.33. The Kier molecular flexibility index (Phi) is 5.52. The highest BCUT2D eigenvalue weighted by Gasteiger charge is 2.20. The van der Waals surface area contributed by atoms with E-state index in [9.17, 15) is 4.79 Å². The second-order valence-electron chi connectivity index (χ2n) is 7.05. The van der Waals surface area contributed by atoms with Crippen molar-refractivity contribution in [2.45, 2.75) is 45.7 Å². The van der Waals surface area contributed by atoms with Gasteiger partial charge in [-0.05, 0) is 50.5 Å². The molecule has 1 aliphatic rings. The Morgan fingerprint density at radius 1 is 1.17 bits per heavy atom. The lowest BCUT2D eigenvalue weighted by atomic mass is 9.98. The largest absolute Gasteiger partial charge is 0.493 e. The molecule has 1 heterocycles. The van der Waals surface area contributed by atoms with E-state index in [1.165, 1.54) is 11.1 Å². The molecule has 2 rings (SSSR count). The average Bonchev–Trinajstić information content (AvgIpc) is 2.49. The van der Waals surface area contributed by atoms with Crippen LogP contribution >= 0.6 is 0 Å². The molecule has 0 fully saturated rings. The van der Waals surface area contributed by atoms with Crippen molar-refractivity contribution >= 4 is 5.91 Å². The van der Waals surface area contributed by atoms with Gasteiger partial charge in [0.05, 0.1) is 14.2 Å². The van der Waals surface area contributed by atoms with Gasteiger partial charge in [-0.25, -0.2) is 0 Å². The first-order valence-electron chi connectivity index (χ1n) is 8.09.